The Balaban J connectivity index is 1.65. The number of benzene rings is 4. The summed E-state index contributed by atoms with van der Waals surface area (Å²) >= 11 is 38.5. The third-order valence-electron chi connectivity index (χ3n) is 4.31. The molecule has 9 heteroatoms. The number of rotatable bonds is 6. The van der Waals surface area contributed by atoms with Gasteiger partial charge in [-0.25, -0.2) is 0 Å². The van der Waals surface area contributed by atoms with Gasteiger partial charge in [0.05, 0.1) is 10.0 Å². The Labute approximate surface area is 220 Å². The van der Waals surface area contributed by atoms with Crippen LogP contribution in [0.3, 0.4) is 0 Å². The van der Waals surface area contributed by atoms with Crippen LogP contribution >= 0.6 is 69.6 Å². The molecule has 4 aromatic rings. The Bertz CT molecular complexity index is 1200. The first-order valence-electron chi connectivity index (χ1n) is 9.33. The predicted octanol–water partition coefficient (Wildman–Crippen LogP) is 11.0. The molecule has 4 aromatic carbocycles. The molecular weight excluding hydrogens is 549 g/mol. The third-order valence-corrected chi connectivity index (χ3v) is 6.54. The molecule has 0 atom stereocenters. The first kappa shape index (κ1) is 24.2. The van der Waals surface area contributed by atoms with E-state index in [1.54, 1.807) is 24.3 Å². The minimum atomic E-state index is 0.0694. The average molecular weight is 561 g/mol. The van der Waals surface area contributed by atoms with E-state index in [4.69, 9.17) is 83.8 Å². The molecule has 0 unspecified atom stereocenters. The topological polar surface area (TPSA) is 27.7 Å². The molecule has 0 heterocycles. The number of para-hydroxylation sites is 2. The molecule has 0 aromatic heterocycles. The highest BCUT2D eigenvalue weighted by atomic mass is 35.5. The van der Waals surface area contributed by atoms with Crippen molar-refractivity contribution in [2.24, 2.45) is 0 Å². The zero-order valence-corrected chi connectivity index (χ0v) is 21.0. The quantitative estimate of drug-likeness (QED) is 0.219. The zero-order chi connectivity index (χ0) is 23.5. The van der Waals surface area contributed by atoms with E-state index in [-0.39, 0.29) is 53.1 Å². The third kappa shape index (κ3) is 5.41. The summed E-state index contributed by atoms with van der Waals surface area (Å²) in [5.41, 5.74) is 0. The molecule has 0 aliphatic heterocycles. The van der Waals surface area contributed by atoms with Crippen LogP contribution < -0.4 is 14.2 Å². The van der Waals surface area contributed by atoms with Crippen molar-refractivity contribution in [3.8, 4) is 34.5 Å². The van der Waals surface area contributed by atoms with Crippen molar-refractivity contribution in [3.63, 3.8) is 0 Å². The smallest absolute Gasteiger partial charge is 0.166 e. The minimum Gasteiger partial charge on any atom is -0.454 e. The van der Waals surface area contributed by atoms with Crippen LogP contribution in [-0.4, -0.2) is 0 Å². The fourth-order valence-electron chi connectivity index (χ4n) is 2.78. The van der Waals surface area contributed by atoms with Crippen molar-refractivity contribution in [3.05, 3.63) is 103 Å². The fraction of sp³-hybridized carbons (Fsp3) is 0. The summed E-state index contributed by atoms with van der Waals surface area (Å²) in [6.07, 6.45) is 0. The maximum atomic E-state index is 6.43. The lowest BCUT2D eigenvalue weighted by Crippen LogP contribution is -1.94. The van der Waals surface area contributed by atoms with Gasteiger partial charge in [0.15, 0.2) is 11.5 Å². The average Bonchev–Trinajstić information content (AvgIpc) is 2.82. The van der Waals surface area contributed by atoms with Crippen LogP contribution in [0, 0.1) is 0 Å². The SMILES string of the molecule is Clc1cc(Oc2cc(Cl)c(Oc3ccccc3)c(Cl)c2Cl)c(Cl)c(Cl)c1Oc1ccccc1. The molecule has 0 saturated heterocycles. The number of halogens is 6. The van der Waals surface area contributed by atoms with Crippen molar-refractivity contribution >= 4 is 69.6 Å². The molecule has 0 aliphatic carbocycles. The van der Waals surface area contributed by atoms with Crippen molar-refractivity contribution in [2.45, 2.75) is 0 Å². The van der Waals surface area contributed by atoms with E-state index in [1.807, 2.05) is 36.4 Å². The van der Waals surface area contributed by atoms with Crippen molar-refractivity contribution in [1.82, 2.24) is 0 Å². The highest BCUT2D eigenvalue weighted by Gasteiger charge is 2.22. The van der Waals surface area contributed by atoms with Crippen molar-refractivity contribution < 1.29 is 14.2 Å². The van der Waals surface area contributed by atoms with E-state index >= 15 is 0 Å². The maximum absolute atomic E-state index is 6.43. The first-order chi connectivity index (χ1) is 15.8. The molecule has 0 fully saturated rings. The van der Waals surface area contributed by atoms with Crippen LogP contribution in [0.15, 0.2) is 72.8 Å². The van der Waals surface area contributed by atoms with E-state index < -0.39 is 0 Å². The second-order valence-electron chi connectivity index (χ2n) is 6.56. The van der Waals surface area contributed by atoms with Gasteiger partial charge in [-0.1, -0.05) is 106 Å². The number of hydrogen-bond donors (Lipinski definition) is 0. The summed E-state index contributed by atoms with van der Waals surface area (Å²) in [7, 11) is 0. The van der Waals surface area contributed by atoms with Crippen LogP contribution in [0.25, 0.3) is 0 Å². The summed E-state index contributed by atoms with van der Waals surface area (Å²) in [5.74, 6) is 1.74. The van der Waals surface area contributed by atoms with Gasteiger partial charge >= 0.3 is 0 Å². The summed E-state index contributed by atoms with van der Waals surface area (Å²) in [5, 5.41) is 0.641. The molecule has 0 radical (unpaired) electrons. The summed E-state index contributed by atoms with van der Waals surface area (Å²) in [4.78, 5) is 0. The van der Waals surface area contributed by atoms with Crippen LogP contribution in [-0.2, 0) is 0 Å². The second-order valence-corrected chi connectivity index (χ2v) is 8.89. The van der Waals surface area contributed by atoms with Crippen molar-refractivity contribution in [2.75, 3.05) is 0 Å². The lowest BCUT2D eigenvalue weighted by Gasteiger charge is -2.17. The van der Waals surface area contributed by atoms with Gasteiger partial charge in [-0.05, 0) is 24.3 Å². The molecule has 0 amide bonds. The van der Waals surface area contributed by atoms with Gasteiger partial charge in [-0.2, -0.15) is 0 Å². The van der Waals surface area contributed by atoms with Gasteiger partial charge in [-0.3, -0.25) is 0 Å². The predicted molar refractivity (Wildman–Crippen MR) is 136 cm³/mol. The van der Waals surface area contributed by atoms with Crippen LogP contribution in [0.5, 0.6) is 34.5 Å². The molecule has 168 valence electrons. The van der Waals surface area contributed by atoms with Gasteiger partial charge < -0.3 is 14.2 Å². The van der Waals surface area contributed by atoms with E-state index in [9.17, 15) is 0 Å². The van der Waals surface area contributed by atoms with Gasteiger partial charge in [0.25, 0.3) is 0 Å². The van der Waals surface area contributed by atoms with Gasteiger partial charge in [0.1, 0.15) is 43.1 Å². The normalized spacial score (nSPS) is 10.7. The van der Waals surface area contributed by atoms with Crippen molar-refractivity contribution in [1.29, 1.82) is 0 Å². The Hall–Kier alpha value is -1.98. The van der Waals surface area contributed by atoms with Gasteiger partial charge in [0, 0.05) is 12.1 Å². The maximum Gasteiger partial charge on any atom is 0.166 e. The molecule has 0 bridgehead atoms. The molecule has 33 heavy (non-hydrogen) atoms. The Kier molecular flexibility index (Phi) is 7.70. The van der Waals surface area contributed by atoms with Crippen LogP contribution in [0.4, 0.5) is 0 Å². The van der Waals surface area contributed by atoms with E-state index in [0.29, 0.717) is 11.5 Å². The standard InChI is InChI=1S/C24H12Cl6O3/c25-15-11-17(19(27)21(29)23(15)31-13-7-3-1-4-8-13)33-18-12-16(26)24(22(30)20(18)28)32-14-9-5-2-6-10-14/h1-12H. The molecule has 0 N–H and O–H groups in total. The number of hydrogen-bond acceptors (Lipinski definition) is 3. The molecule has 4 rings (SSSR count). The monoisotopic (exact) mass is 558 g/mol. The lowest BCUT2D eigenvalue weighted by molar-refractivity contribution is 0.465. The van der Waals surface area contributed by atoms with Gasteiger partial charge in [0.2, 0.25) is 0 Å². The van der Waals surface area contributed by atoms with Crippen LogP contribution in [0.2, 0.25) is 30.1 Å². The largest absolute Gasteiger partial charge is 0.454 e. The molecule has 0 spiro atoms. The molecule has 3 nitrogen and oxygen atoms in total. The first-order valence-corrected chi connectivity index (χ1v) is 11.6. The van der Waals surface area contributed by atoms with E-state index in [1.165, 1.54) is 12.1 Å². The lowest BCUT2D eigenvalue weighted by atomic mass is 10.3. The summed E-state index contributed by atoms with van der Waals surface area (Å²) in [6, 6.07) is 20.9. The number of ether oxygens (including phenoxy) is 3. The Morgan fingerprint density at radius 1 is 0.424 bits per heavy atom. The highest BCUT2D eigenvalue weighted by Crippen LogP contribution is 2.50. The van der Waals surface area contributed by atoms with Gasteiger partial charge in [-0.15, -0.1) is 0 Å². The second kappa shape index (κ2) is 10.5. The minimum absolute atomic E-state index is 0.0694. The summed E-state index contributed by atoms with van der Waals surface area (Å²) < 4.78 is 17.4. The molecule has 0 aliphatic rings. The summed E-state index contributed by atoms with van der Waals surface area (Å²) in [6.45, 7) is 0. The van der Waals surface area contributed by atoms with Crippen LogP contribution in [0.1, 0.15) is 0 Å². The Morgan fingerprint density at radius 3 is 1.15 bits per heavy atom. The molecular formula is C24H12Cl6O3. The zero-order valence-electron chi connectivity index (χ0n) is 16.4. The van der Waals surface area contributed by atoms with E-state index in [0.717, 1.165) is 0 Å². The highest BCUT2D eigenvalue weighted by molar-refractivity contribution is 6.46. The van der Waals surface area contributed by atoms with E-state index in [2.05, 4.69) is 0 Å². The Morgan fingerprint density at radius 2 is 0.788 bits per heavy atom. The fourth-order valence-corrected chi connectivity index (χ4v) is 4.17. The molecule has 0 saturated carbocycles.